The molecule has 2 atom stereocenters. The number of hydrogen-bond acceptors (Lipinski definition) is 3. The highest BCUT2D eigenvalue weighted by atomic mass is 16.3. The minimum Gasteiger partial charge on any atom is -0.390 e. The van der Waals surface area contributed by atoms with Crippen molar-refractivity contribution < 1.29 is 10.2 Å². The maximum absolute atomic E-state index is 10.2. The summed E-state index contributed by atoms with van der Waals surface area (Å²) in [6.45, 7) is 3.67. The largest absolute Gasteiger partial charge is 0.390 e. The summed E-state index contributed by atoms with van der Waals surface area (Å²) in [6.07, 6.45) is -2.20. The number of aromatic nitrogens is 1. The lowest BCUT2D eigenvalue weighted by Crippen LogP contribution is -2.21. The van der Waals surface area contributed by atoms with E-state index in [9.17, 15) is 10.2 Å². The maximum Gasteiger partial charge on any atom is 0.107 e. The van der Waals surface area contributed by atoms with Gasteiger partial charge in [0.2, 0.25) is 0 Å². The van der Waals surface area contributed by atoms with E-state index in [1.54, 1.807) is 0 Å². The molecule has 0 fully saturated rings. The minimum atomic E-state index is -1.12. The molecule has 6 heteroatoms. The van der Waals surface area contributed by atoms with Gasteiger partial charge in [0.15, 0.2) is 0 Å². The van der Waals surface area contributed by atoms with E-state index in [1.807, 2.05) is 54.8 Å². The Hall–Kier alpha value is -2.27. The quantitative estimate of drug-likeness (QED) is 0.502. The Kier molecular flexibility index (Phi) is 4.65. The number of benzene rings is 1. The fourth-order valence-corrected chi connectivity index (χ4v) is 2.49. The van der Waals surface area contributed by atoms with E-state index in [1.165, 1.54) is 0 Å². The lowest BCUT2D eigenvalue weighted by atomic mass is 10.1. The molecule has 2 aromatic rings. The van der Waals surface area contributed by atoms with Crippen LogP contribution in [0.15, 0.2) is 41.5 Å². The maximum atomic E-state index is 10.2. The van der Waals surface area contributed by atoms with Gasteiger partial charge in [-0.1, -0.05) is 23.3 Å². The third-order valence-electron chi connectivity index (χ3n) is 3.50. The van der Waals surface area contributed by atoms with E-state index in [4.69, 9.17) is 5.53 Å². The molecule has 6 nitrogen and oxygen atoms in total. The molecule has 110 valence electrons. The molecule has 2 N–H and O–H groups in total. The number of azide groups is 1. The predicted molar refractivity (Wildman–Crippen MR) is 80.2 cm³/mol. The summed E-state index contributed by atoms with van der Waals surface area (Å²) in [5.74, 6) is 0. The van der Waals surface area contributed by atoms with Crippen LogP contribution in [0.2, 0.25) is 0 Å². The number of aliphatic hydroxyl groups excluding tert-OH is 2. The van der Waals surface area contributed by atoms with E-state index in [0.29, 0.717) is 5.56 Å². The molecule has 0 saturated heterocycles. The van der Waals surface area contributed by atoms with Crippen molar-refractivity contribution in [2.75, 3.05) is 6.54 Å². The summed E-state index contributed by atoms with van der Waals surface area (Å²) in [7, 11) is 0. The minimum absolute atomic E-state index is 0.160. The van der Waals surface area contributed by atoms with Crippen LogP contribution in [0, 0.1) is 13.8 Å². The highest BCUT2D eigenvalue weighted by molar-refractivity contribution is 5.41. The van der Waals surface area contributed by atoms with Gasteiger partial charge in [-0.2, -0.15) is 0 Å². The van der Waals surface area contributed by atoms with Crippen LogP contribution < -0.4 is 0 Å². The first-order chi connectivity index (χ1) is 10.1. The Morgan fingerprint density at radius 2 is 1.90 bits per heavy atom. The van der Waals surface area contributed by atoms with Gasteiger partial charge >= 0.3 is 0 Å². The van der Waals surface area contributed by atoms with Gasteiger partial charge in [0, 0.05) is 27.6 Å². The van der Waals surface area contributed by atoms with Crippen molar-refractivity contribution in [1.82, 2.24) is 4.57 Å². The van der Waals surface area contributed by atoms with Crippen LogP contribution in [0.3, 0.4) is 0 Å². The van der Waals surface area contributed by atoms with Gasteiger partial charge in [0.05, 0.1) is 12.6 Å². The highest BCUT2D eigenvalue weighted by Gasteiger charge is 2.23. The van der Waals surface area contributed by atoms with Crippen molar-refractivity contribution in [3.63, 3.8) is 0 Å². The Balaban J connectivity index is 2.37. The van der Waals surface area contributed by atoms with Crippen molar-refractivity contribution in [2.24, 2.45) is 5.11 Å². The summed E-state index contributed by atoms with van der Waals surface area (Å²) < 4.78 is 2.01. The van der Waals surface area contributed by atoms with E-state index < -0.39 is 12.2 Å². The number of aliphatic hydroxyl groups is 2. The fourth-order valence-electron chi connectivity index (χ4n) is 2.49. The van der Waals surface area contributed by atoms with Crippen LogP contribution in [0.4, 0.5) is 0 Å². The van der Waals surface area contributed by atoms with E-state index in [2.05, 4.69) is 10.0 Å². The zero-order valence-electron chi connectivity index (χ0n) is 12.0. The molecule has 0 spiro atoms. The molecule has 0 aliphatic heterocycles. The van der Waals surface area contributed by atoms with Crippen LogP contribution in [-0.2, 0) is 0 Å². The van der Waals surface area contributed by atoms with Crippen molar-refractivity contribution in [1.29, 1.82) is 0 Å². The molecule has 21 heavy (non-hydrogen) atoms. The molecule has 1 aromatic carbocycles. The third kappa shape index (κ3) is 3.08. The van der Waals surface area contributed by atoms with Gasteiger partial charge in [-0.05, 0) is 37.6 Å². The van der Waals surface area contributed by atoms with Crippen molar-refractivity contribution >= 4 is 0 Å². The molecule has 0 aliphatic rings. The van der Waals surface area contributed by atoms with Crippen molar-refractivity contribution in [3.05, 3.63) is 63.8 Å². The number of nitrogens with zero attached hydrogens (tertiary/aromatic N) is 4. The molecule has 0 bridgehead atoms. The van der Waals surface area contributed by atoms with Crippen LogP contribution in [-0.4, -0.2) is 27.4 Å². The van der Waals surface area contributed by atoms with Gasteiger partial charge in [0.1, 0.15) is 6.10 Å². The summed E-state index contributed by atoms with van der Waals surface area (Å²) >= 11 is 0. The first kappa shape index (κ1) is 15.1. The average molecular weight is 286 g/mol. The standard InChI is InChI=1S/C15H18N4O2/c1-10-8-13(15(21)14(20)9-17-18-16)11(2)19(10)12-6-4-3-5-7-12/h3-8,14-15,20-21H,9H2,1-2H3. The fraction of sp³-hybridized carbons (Fsp3) is 0.333. The molecule has 1 heterocycles. The number of para-hydroxylation sites is 1. The zero-order chi connectivity index (χ0) is 15.4. The topological polar surface area (TPSA) is 94.2 Å². The molecule has 2 unspecified atom stereocenters. The van der Waals surface area contributed by atoms with Crippen LogP contribution in [0.5, 0.6) is 0 Å². The number of aryl methyl sites for hydroxylation is 1. The first-order valence-corrected chi connectivity index (χ1v) is 6.67. The lowest BCUT2D eigenvalue weighted by molar-refractivity contribution is 0.0240. The molecule has 0 saturated carbocycles. The van der Waals surface area contributed by atoms with Crippen LogP contribution >= 0.6 is 0 Å². The second-order valence-corrected chi connectivity index (χ2v) is 4.92. The number of hydrogen-bond donors (Lipinski definition) is 2. The smallest absolute Gasteiger partial charge is 0.107 e. The van der Waals surface area contributed by atoms with Gasteiger partial charge in [-0.15, -0.1) is 0 Å². The SMILES string of the molecule is Cc1cc(C(O)C(O)CN=[N+]=[N-])c(C)n1-c1ccccc1. The van der Waals surface area contributed by atoms with Gasteiger partial charge in [0.25, 0.3) is 0 Å². The van der Waals surface area contributed by atoms with E-state index in [0.717, 1.165) is 17.1 Å². The van der Waals surface area contributed by atoms with Gasteiger partial charge in [-0.25, -0.2) is 0 Å². The Morgan fingerprint density at radius 1 is 1.24 bits per heavy atom. The van der Waals surface area contributed by atoms with E-state index in [-0.39, 0.29) is 6.54 Å². The highest BCUT2D eigenvalue weighted by Crippen LogP contribution is 2.27. The molecule has 0 radical (unpaired) electrons. The Bertz CT molecular complexity index is 660. The predicted octanol–water partition coefficient (Wildman–Crippen LogP) is 2.80. The Morgan fingerprint density at radius 3 is 2.52 bits per heavy atom. The molecular formula is C15H18N4O2. The second kappa shape index (κ2) is 6.45. The molecule has 0 aliphatic carbocycles. The summed E-state index contributed by atoms with van der Waals surface area (Å²) in [6, 6.07) is 11.6. The molecule has 0 amide bonds. The van der Waals surface area contributed by atoms with Crippen LogP contribution in [0.25, 0.3) is 16.1 Å². The monoisotopic (exact) mass is 286 g/mol. The second-order valence-electron chi connectivity index (χ2n) is 4.92. The lowest BCUT2D eigenvalue weighted by Gasteiger charge is -2.17. The summed E-state index contributed by atoms with van der Waals surface area (Å²) in [5.41, 5.74) is 11.7. The Labute approximate surface area is 122 Å². The molecule has 1 aromatic heterocycles. The average Bonchev–Trinajstić information content (AvgIpc) is 2.79. The molecule has 2 rings (SSSR count). The zero-order valence-corrected chi connectivity index (χ0v) is 12.0. The van der Waals surface area contributed by atoms with Crippen molar-refractivity contribution in [2.45, 2.75) is 26.1 Å². The molecular weight excluding hydrogens is 268 g/mol. The third-order valence-corrected chi connectivity index (χ3v) is 3.50. The van der Waals surface area contributed by atoms with E-state index >= 15 is 0 Å². The van der Waals surface area contributed by atoms with Gasteiger partial charge < -0.3 is 14.8 Å². The summed E-state index contributed by atoms with van der Waals surface area (Å²) in [5, 5.41) is 23.4. The van der Waals surface area contributed by atoms with Crippen LogP contribution in [0.1, 0.15) is 23.1 Å². The normalized spacial score (nSPS) is 13.5. The van der Waals surface area contributed by atoms with Gasteiger partial charge in [-0.3, -0.25) is 0 Å². The summed E-state index contributed by atoms with van der Waals surface area (Å²) in [4.78, 5) is 2.59. The first-order valence-electron chi connectivity index (χ1n) is 6.67. The van der Waals surface area contributed by atoms with Crippen molar-refractivity contribution in [3.8, 4) is 5.69 Å². The number of rotatable bonds is 5.